The summed E-state index contributed by atoms with van der Waals surface area (Å²) >= 11 is 3.68. The van der Waals surface area contributed by atoms with E-state index in [1.54, 1.807) is 0 Å². The molecule has 0 N–H and O–H groups in total. The van der Waals surface area contributed by atoms with Gasteiger partial charge in [-0.25, -0.2) is 4.68 Å². The Balaban J connectivity index is 2.27. The van der Waals surface area contributed by atoms with Gasteiger partial charge in [-0.2, -0.15) is 5.10 Å². The molecule has 16 heavy (non-hydrogen) atoms. The van der Waals surface area contributed by atoms with Gasteiger partial charge in [0.1, 0.15) is 0 Å². The molecule has 1 heterocycles. The van der Waals surface area contributed by atoms with Crippen LogP contribution in [-0.2, 0) is 0 Å². The van der Waals surface area contributed by atoms with Crippen molar-refractivity contribution in [2.45, 2.75) is 18.7 Å². The molecule has 2 aromatic rings. The summed E-state index contributed by atoms with van der Waals surface area (Å²) in [5, 5.41) is 4.38. The number of benzene rings is 1. The molecule has 0 radical (unpaired) electrons. The first-order chi connectivity index (χ1) is 7.68. The Morgan fingerprint density at radius 2 is 1.88 bits per heavy atom. The van der Waals surface area contributed by atoms with Crippen molar-refractivity contribution >= 4 is 15.9 Å². The lowest BCUT2D eigenvalue weighted by molar-refractivity contribution is 0.641. The molecule has 0 amide bonds. The van der Waals surface area contributed by atoms with Crippen LogP contribution in [0, 0.1) is 5.92 Å². The number of aromatic nitrogens is 2. The molecule has 1 aromatic carbocycles. The fraction of sp³-hybridized carbons (Fsp3) is 0.308. The van der Waals surface area contributed by atoms with Gasteiger partial charge in [0.2, 0.25) is 0 Å². The van der Waals surface area contributed by atoms with Gasteiger partial charge in [-0.1, -0.05) is 48.0 Å². The van der Waals surface area contributed by atoms with Crippen LogP contribution >= 0.6 is 15.9 Å². The monoisotopic (exact) mass is 278 g/mol. The Kier molecular flexibility index (Phi) is 3.44. The van der Waals surface area contributed by atoms with Gasteiger partial charge in [0.15, 0.2) is 0 Å². The number of hydrogen-bond donors (Lipinski definition) is 0. The highest BCUT2D eigenvalue weighted by Gasteiger charge is 2.13. The number of rotatable bonds is 3. The zero-order chi connectivity index (χ0) is 11.5. The van der Waals surface area contributed by atoms with E-state index in [4.69, 9.17) is 0 Å². The smallest absolute Gasteiger partial charge is 0.0645 e. The van der Waals surface area contributed by atoms with Crippen molar-refractivity contribution in [3.8, 4) is 5.69 Å². The van der Waals surface area contributed by atoms with E-state index in [1.165, 1.54) is 5.56 Å². The van der Waals surface area contributed by atoms with Crippen molar-refractivity contribution in [3.63, 3.8) is 0 Å². The Labute approximate surface area is 104 Å². The summed E-state index contributed by atoms with van der Waals surface area (Å²) in [6.07, 6.45) is 4.00. The first-order valence-electron chi connectivity index (χ1n) is 5.42. The average molecular weight is 279 g/mol. The second kappa shape index (κ2) is 4.83. The van der Waals surface area contributed by atoms with E-state index in [-0.39, 0.29) is 0 Å². The van der Waals surface area contributed by atoms with Crippen LogP contribution in [0.3, 0.4) is 0 Å². The van der Waals surface area contributed by atoms with Crippen LogP contribution in [0.25, 0.3) is 5.69 Å². The van der Waals surface area contributed by atoms with Gasteiger partial charge in [-0.05, 0) is 18.1 Å². The van der Waals surface area contributed by atoms with Gasteiger partial charge in [0.05, 0.1) is 11.9 Å². The molecular weight excluding hydrogens is 264 g/mol. The van der Waals surface area contributed by atoms with Crippen molar-refractivity contribution in [1.82, 2.24) is 9.78 Å². The molecule has 1 aromatic heterocycles. The Hall–Kier alpha value is -1.09. The SMILES string of the molecule is CC(C)C(Br)c1cnn(-c2ccccc2)c1. The van der Waals surface area contributed by atoms with Gasteiger partial charge in [0.25, 0.3) is 0 Å². The van der Waals surface area contributed by atoms with Gasteiger partial charge >= 0.3 is 0 Å². The predicted molar refractivity (Wildman–Crippen MR) is 70.1 cm³/mol. The molecule has 1 atom stereocenters. The molecule has 0 aliphatic rings. The lowest BCUT2D eigenvalue weighted by Gasteiger charge is -2.10. The summed E-state index contributed by atoms with van der Waals surface area (Å²) in [6, 6.07) is 10.1. The number of halogens is 1. The van der Waals surface area contributed by atoms with Crippen LogP contribution < -0.4 is 0 Å². The first-order valence-corrected chi connectivity index (χ1v) is 6.34. The van der Waals surface area contributed by atoms with Crippen molar-refractivity contribution in [2.75, 3.05) is 0 Å². The average Bonchev–Trinajstić information content (AvgIpc) is 2.78. The van der Waals surface area contributed by atoms with Gasteiger partial charge < -0.3 is 0 Å². The van der Waals surface area contributed by atoms with Gasteiger partial charge in [-0.3, -0.25) is 0 Å². The van der Waals surface area contributed by atoms with Crippen LogP contribution in [0.1, 0.15) is 24.2 Å². The number of nitrogens with zero attached hydrogens (tertiary/aromatic N) is 2. The summed E-state index contributed by atoms with van der Waals surface area (Å²) in [5.74, 6) is 0.563. The standard InChI is InChI=1S/C13H15BrN2/c1-10(2)13(14)11-8-15-16(9-11)12-6-4-3-5-7-12/h3-10,13H,1-2H3. The third kappa shape index (κ3) is 2.35. The third-order valence-corrected chi connectivity index (χ3v) is 4.11. The summed E-state index contributed by atoms with van der Waals surface area (Å²) in [6.45, 7) is 4.39. The molecule has 2 nitrogen and oxygen atoms in total. The maximum Gasteiger partial charge on any atom is 0.0645 e. The molecule has 0 bridgehead atoms. The highest BCUT2D eigenvalue weighted by atomic mass is 79.9. The van der Waals surface area contributed by atoms with E-state index in [2.05, 4.69) is 53.2 Å². The molecule has 0 saturated carbocycles. The van der Waals surface area contributed by atoms with Gasteiger partial charge in [-0.15, -0.1) is 0 Å². The quantitative estimate of drug-likeness (QED) is 0.777. The lowest BCUT2D eigenvalue weighted by Crippen LogP contribution is -1.97. The van der Waals surface area contributed by atoms with Gasteiger partial charge in [0, 0.05) is 16.6 Å². The summed E-state index contributed by atoms with van der Waals surface area (Å²) < 4.78 is 1.91. The van der Waals surface area contributed by atoms with E-state index in [1.807, 2.05) is 29.1 Å². The molecular formula is C13H15BrN2. The molecule has 0 saturated heterocycles. The molecule has 0 aliphatic carbocycles. The van der Waals surface area contributed by atoms with Crippen molar-refractivity contribution in [2.24, 2.45) is 5.92 Å². The van der Waals surface area contributed by atoms with Crippen LogP contribution in [0.4, 0.5) is 0 Å². The second-order valence-electron chi connectivity index (χ2n) is 4.20. The molecule has 0 spiro atoms. The topological polar surface area (TPSA) is 17.8 Å². The Morgan fingerprint density at radius 1 is 1.19 bits per heavy atom. The molecule has 1 unspecified atom stereocenters. The normalized spacial score (nSPS) is 13.0. The first kappa shape index (κ1) is 11.4. The fourth-order valence-electron chi connectivity index (χ4n) is 1.59. The van der Waals surface area contributed by atoms with E-state index >= 15 is 0 Å². The Bertz CT molecular complexity index is 448. The molecule has 0 aliphatic heterocycles. The zero-order valence-corrected chi connectivity index (χ0v) is 11.1. The largest absolute Gasteiger partial charge is 0.241 e. The summed E-state index contributed by atoms with van der Waals surface area (Å²) in [7, 11) is 0. The zero-order valence-electron chi connectivity index (χ0n) is 9.47. The van der Waals surface area contributed by atoms with E-state index < -0.39 is 0 Å². The van der Waals surface area contributed by atoms with Crippen LogP contribution in [0.15, 0.2) is 42.7 Å². The number of hydrogen-bond acceptors (Lipinski definition) is 1. The minimum atomic E-state index is 0.366. The van der Waals surface area contributed by atoms with Crippen molar-refractivity contribution in [1.29, 1.82) is 0 Å². The van der Waals surface area contributed by atoms with E-state index in [9.17, 15) is 0 Å². The molecule has 84 valence electrons. The molecule has 3 heteroatoms. The van der Waals surface area contributed by atoms with Crippen molar-refractivity contribution < 1.29 is 0 Å². The minimum Gasteiger partial charge on any atom is -0.241 e. The number of para-hydroxylation sites is 1. The summed E-state index contributed by atoms with van der Waals surface area (Å²) in [5.41, 5.74) is 2.32. The highest BCUT2D eigenvalue weighted by molar-refractivity contribution is 9.09. The minimum absolute atomic E-state index is 0.366. The second-order valence-corrected chi connectivity index (χ2v) is 5.19. The fourth-order valence-corrected chi connectivity index (χ4v) is 1.82. The van der Waals surface area contributed by atoms with E-state index in [0.717, 1.165) is 5.69 Å². The Morgan fingerprint density at radius 3 is 2.50 bits per heavy atom. The lowest BCUT2D eigenvalue weighted by atomic mass is 10.1. The summed E-state index contributed by atoms with van der Waals surface area (Å²) in [4.78, 5) is 0.366. The third-order valence-electron chi connectivity index (χ3n) is 2.53. The maximum absolute atomic E-state index is 4.38. The van der Waals surface area contributed by atoms with Crippen molar-refractivity contribution in [3.05, 3.63) is 48.3 Å². The molecule has 2 rings (SSSR count). The maximum atomic E-state index is 4.38. The van der Waals surface area contributed by atoms with Crippen LogP contribution in [0.5, 0.6) is 0 Å². The molecule has 0 fully saturated rings. The van der Waals surface area contributed by atoms with Crippen LogP contribution in [-0.4, -0.2) is 9.78 Å². The van der Waals surface area contributed by atoms with Crippen LogP contribution in [0.2, 0.25) is 0 Å². The number of alkyl halides is 1. The highest BCUT2D eigenvalue weighted by Crippen LogP contribution is 2.30. The van der Waals surface area contributed by atoms with E-state index in [0.29, 0.717) is 10.7 Å². The predicted octanol–water partition coefficient (Wildman–Crippen LogP) is 3.96.